The van der Waals surface area contributed by atoms with Gasteiger partial charge >= 0.3 is 16.5 Å². The summed E-state index contributed by atoms with van der Waals surface area (Å²) in [5.41, 5.74) is 0. The molecule has 0 aromatic heterocycles. The van der Waals surface area contributed by atoms with Gasteiger partial charge in [-0.25, -0.2) is 0 Å². The molecule has 6 nitrogen and oxygen atoms in total. The number of rotatable bonds is 2. The number of carboxylic acid groups (broad SMARTS) is 2. The SMILES string of the molecule is C=C.O=C([O-])CO.O=C([O-])CO.[Ni+2]. The average molecular weight is 237 g/mol. The maximum Gasteiger partial charge on any atom is 2.00 e. The normalized spacial score (nSPS) is 6.00. The van der Waals surface area contributed by atoms with Crippen LogP contribution in [-0.2, 0) is 26.1 Å². The third kappa shape index (κ3) is 95.9. The number of carbonyl (C=O) groups is 2. The van der Waals surface area contributed by atoms with Gasteiger partial charge in [0.25, 0.3) is 0 Å². The van der Waals surface area contributed by atoms with Crippen LogP contribution in [0.3, 0.4) is 0 Å². The molecule has 0 heterocycles. The molecule has 0 unspecified atom stereocenters. The predicted molar refractivity (Wildman–Crippen MR) is 35.4 cm³/mol. The van der Waals surface area contributed by atoms with Gasteiger partial charge in [-0.1, -0.05) is 0 Å². The number of carboxylic acids is 2. The molecule has 0 saturated heterocycles. The second-order valence-corrected chi connectivity index (χ2v) is 1.06. The molecule has 0 atom stereocenters. The summed E-state index contributed by atoms with van der Waals surface area (Å²) in [6.45, 7) is 4.22. The first kappa shape index (κ1) is 22.7. The number of carbonyl (C=O) groups excluding carboxylic acids is 2. The fraction of sp³-hybridized carbons (Fsp3) is 0.333. The standard InChI is InChI=1S/2C2H4O3.C2H4.Ni/c2*3-1-2(4)5;1-2;/h2*3H,1H2,(H,4,5);1-2H2;/q;;;+2/p-2. The summed E-state index contributed by atoms with van der Waals surface area (Å²) in [6, 6.07) is 0. The van der Waals surface area contributed by atoms with Gasteiger partial charge in [0.15, 0.2) is 0 Å². The Morgan fingerprint density at radius 3 is 1.08 bits per heavy atom. The molecule has 0 aliphatic heterocycles. The number of hydrogen-bond donors (Lipinski definition) is 2. The zero-order valence-corrected chi connectivity index (χ0v) is 7.66. The van der Waals surface area contributed by atoms with Crippen molar-refractivity contribution >= 4 is 11.9 Å². The molecular weight excluding hydrogens is 227 g/mol. The number of aliphatic hydroxyl groups excluding tert-OH is 2. The van der Waals surface area contributed by atoms with Crippen LogP contribution in [0.2, 0.25) is 0 Å². The molecular formula is C6H10NiO6. The van der Waals surface area contributed by atoms with Crippen LogP contribution >= 0.6 is 0 Å². The quantitative estimate of drug-likeness (QED) is 0.376. The molecule has 0 bridgehead atoms. The summed E-state index contributed by atoms with van der Waals surface area (Å²) < 4.78 is 0. The summed E-state index contributed by atoms with van der Waals surface area (Å²) in [6.07, 6.45) is 0. The van der Waals surface area contributed by atoms with E-state index in [1.165, 1.54) is 0 Å². The van der Waals surface area contributed by atoms with E-state index in [-0.39, 0.29) is 16.5 Å². The molecule has 0 saturated carbocycles. The van der Waals surface area contributed by atoms with Crippen molar-refractivity contribution in [2.75, 3.05) is 13.2 Å². The molecule has 80 valence electrons. The van der Waals surface area contributed by atoms with E-state index in [9.17, 15) is 0 Å². The summed E-state index contributed by atoms with van der Waals surface area (Å²) in [5.74, 6) is -2.88. The van der Waals surface area contributed by atoms with E-state index in [1.807, 2.05) is 0 Å². The first-order valence-electron chi connectivity index (χ1n) is 2.66. The van der Waals surface area contributed by atoms with Crippen LogP contribution < -0.4 is 10.2 Å². The Morgan fingerprint density at radius 2 is 1.08 bits per heavy atom. The van der Waals surface area contributed by atoms with Gasteiger partial charge in [0.2, 0.25) is 0 Å². The molecule has 13 heavy (non-hydrogen) atoms. The molecule has 2 N–H and O–H groups in total. The minimum absolute atomic E-state index is 0. The van der Waals surface area contributed by atoms with Crippen LogP contribution in [0.15, 0.2) is 13.2 Å². The second kappa shape index (κ2) is 22.5. The van der Waals surface area contributed by atoms with Gasteiger partial charge in [0.05, 0.1) is 25.2 Å². The smallest absolute Gasteiger partial charge is 0.548 e. The Kier molecular flexibility index (Phi) is 39.3. The van der Waals surface area contributed by atoms with Crippen molar-refractivity contribution in [3.63, 3.8) is 0 Å². The Labute approximate surface area is 85.4 Å². The first-order valence-corrected chi connectivity index (χ1v) is 2.66. The van der Waals surface area contributed by atoms with Gasteiger partial charge in [-0.3, -0.25) is 0 Å². The summed E-state index contributed by atoms with van der Waals surface area (Å²) in [7, 11) is 0. The Morgan fingerprint density at radius 1 is 1.00 bits per heavy atom. The van der Waals surface area contributed by atoms with Crippen molar-refractivity contribution in [3.8, 4) is 0 Å². The Balaban J connectivity index is -0.0000000491. The third-order valence-corrected chi connectivity index (χ3v) is 0.258. The summed E-state index contributed by atoms with van der Waals surface area (Å²) >= 11 is 0. The molecule has 0 aromatic rings. The predicted octanol–water partition coefficient (Wildman–Crippen LogP) is -3.74. The number of aliphatic carboxylic acids is 2. The summed E-state index contributed by atoms with van der Waals surface area (Å²) in [5, 5.41) is 33.0. The maximum atomic E-state index is 9.01. The van der Waals surface area contributed by atoms with Crippen molar-refractivity contribution in [2.45, 2.75) is 0 Å². The van der Waals surface area contributed by atoms with Gasteiger partial charge in [-0.05, 0) is 0 Å². The molecule has 0 spiro atoms. The molecule has 7 heteroatoms. The zero-order chi connectivity index (χ0) is 10.6. The fourth-order valence-electron chi connectivity index (χ4n) is 0. The average Bonchev–Trinajstić information content (AvgIpc) is 2.09. The molecule has 0 amide bonds. The van der Waals surface area contributed by atoms with E-state index < -0.39 is 25.2 Å². The molecule has 0 radical (unpaired) electrons. The van der Waals surface area contributed by atoms with Crippen molar-refractivity contribution in [3.05, 3.63) is 13.2 Å². The summed E-state index contributed by atoms with van der Waals surface area (Å²) in [4.78, 5) is 18.0. The van der Waals surface area contributed by atoms with Gasteiger partial charge in [0, 0.05) is 0 Å². The van der Waals surface area contributed by atoms with E-state index in [4.69, 9.17) is 30.0 Å². The zero-order valence-electron chi connectivity index (χ0n) is 6.67. The van der Waals surface area contributed by atoms with Crippen LogP contribution in [-0.4, -0.2) is 35.4 Å². The van der Waals surface area contributed by atoms with Crippen LogP contribution in [0.1, 0.15) is 0 Å². The van der Waals surface area contributed by atoms with Gasteiger partial charge in [0.1, 0.15) is 0 Å². The fourth-order valence-corrected chi connectivity index (χ4v) is 0. The van der Waals surface area contributed by atoms with Crippen molar-refractivity contribution in [1.82, 2.24) is 0 Å². The first-order chi connectivity index (χ1) is 5.54. The van der Waals surface area contributed by atoms with Crippen LogP contribution in [0.4, 0.5) is 0 Å². The van der Waals surface area contributed by atoms with Crippen LogP contribution in [0.5, 0.6) is 0 Å². The largest absolute Gasteiger partial charge is 2.00 e. The molecule has 0 aliphatic carbocycles. The minimum atomic E-state index is -1.44. The van der Waals surface area contributed by atoms with Crippen molar-refractivity contribution < 1.29 is 46.5 Å². The van der Waals surface area contributed by atoms with E-state index in [1.54, 1.807) is 0 Å². The minimum Gasteiger partial charge on any atom is -0.548 e. The Hall–Kier alpha value is -0.906. The third-order valence-electron chi connectivity index (χ3n) is 0.258. The molecule has 0 aliphatic rings. The monoisotopic (exact) mass is 236 g/mol. The topological polar surface area (TPSA) is 121 Å². The van der Waals surface area contributed by atoms with E-state index in [0.717, 1.165) is 0 Å². The van der Waals surface area contributed by atoms with Crippen LogP contribution in [0.25, 0.3) is 0 Å². The van der Waals surface area contributed by atoms with Crippen LogP contribution in [0, 0.1) is 0 Å². The molecule has 0 fully saturated rings. The van der Waals surface area contributed by atoms with E-state index in [0.29, 0.717) is 0 Å². The molecule has 0 rings (SSSR count). The van der Waals surface area contributed by atoms with E-state index >= 15 is 0 Å². The second-order valence-electron chi connectivity index (χ2n) is 1.06. The number of hydrogen-bond acceptors (Lipinski definition) is 6. The Bertz CT molecular complexity index is 112. The number of aliphatic hydroxyl groups is 2. The van der Waals surface area contributed by atoms with Crippen molar-refractivity contribution in [2.24, 2.45) is 0 Å². The van der Waals surface area contributed by atoms with Gasteiger partial charge in [-0.15, -0.1) is 13.2 Å². The molecule has 0 aromatic carbocycles. The van der Waals surface area contributed by atoms with Gasteiger partial charge in [-0.2, -0.15) is 0 Å². The maximum absolute atomic E-state index is 9.01. The van der Waals surface area contributed by atoms with Gasteiger partial charge < -0.3 is 30.0 Å². The van der Waals surface area contributed by atoms with E-state index in [2.05, 4.69) is 13.2 Å². The van der Waals surface area contributed by atoms with Crippen molar-refractivity contribution in [1.29, 1.82) is 0 Å².